The van der Waals surface area contributed by atoms with Gasteiger partial charge in [0, 0.05) is 35.4 Å². The minimum Gasteiger partial charge on any atom is -0.288 e. The number of thioether (sulfide) groups is 1. The molecule has 0 heterocycles. The molecule has 0 aliphatic carbocycles. The fraction of sp³-hybridized carbons (Fsp3) is 0.188. The van der Waals surface area contributed by atoms with Crippen molar-refractivity contribution in [3.05, 3.63) is 47.8 Å². The second-order valence-corrected chi connectivity index (χ2v) is 5.30. The summed E-state index contributed by atoms with van der Waals surface area (Å²) in [5.41, 5.74) is 0.824. The van der Waals surface area contributed by atoms with Gasteiger partial charge in [-0.2, -0.15) is 0 Å². The molecule has 19 heavy (non-hydrogen) atoms. The topological polar surface area (TPSA) is 17.1 Å². The average molecular weight is 272 g/mol. The van der Waals surface area contributed by atoms with E-state index in [2.05, 4.69) is 11.8 Å². The van der Waals surface area contributed by atoms with E-state index in [0.717, 1.165) is 10.9 Å². The van der Waals surface area contributed by atoms with Crippen LogP contribution in [0.1, 0.15) is 18.9 Å². The van der Waals surface area contributed by atoms with E-state index in [1.54, 1.807) is 19.1 Å². The van der Waals surface area contributed by atoms with E-state index in [4.69, 9.17) is 0 Å². The number of fused-ring (bicyclic) bond motifs is 1. The summed E-state index contributed by atoms with van der Waals surface area (Å²) in [4.78, 5) is 10.8. The predicted molar refractivity (Wildman–Crippen MR) is 78.5 cm³/mol. The van der Waals surface area contributed by atoms with E-state index in [1.807, 2.05) is 18.2 Å². The molecule has 2 rings (SSSR count). The highest BCUT2D eigenvalue weighted by atomic mass is 32.2. The summed E-state index contributed by atoms with van der Waals surface area (Å²) in [6, 6.07) is 10.4. The summed E-state index contributed by atoms with van der Waals surface area (Å²) < 4.78 is 13.6. The lowest BCUT2D eigenvalue weighted by atomic mass is 10.0. The van der Waals surface area contributed by atoms with E-state index < -0.39 is 0 Å². The quantitative estimate of drug-likeness (QED) is 0.607. The Labute approximate surface area is 116 Å². The van der Waals surface area contributed by atoms with Gasteiger partial charge in [0.05, 0.1) is 0 Å². The Bertz CT molecular complexity index is 667. The lowest BCUT2D eigenvalue weighted by Gasteiger charge is -2.01. The molecule has 0 aliphatic rings. The normalized spacial score (nSPS) is 10.0. The van der Waals surface area contributed by atoms with Crippen molar-refractivity contribution in [2.75, 3.05) is 5.75 Å². The maximum absolute atomic E-state index is 13.6. The molecular formula is C16H13FOS. The third-order valence-corrected chi connectivity index (χ3v) is 3.44. The van der Waals surface area contributed by atoms with Crippen LogP contribution in [0.5, 0.6) is 0 Å². The molecule has 0 atom stereocenters. The Hall–Kier alpha value is -1.79. The standard InChI is InChI=1S/C16H13FOS/c1-12(18)19-11-5-4-6-13-9-10-16(17)15-8-3-2-7-14(13)15/h2-3,7-10H,5,11H2,1H3. The predicted octanol–water partition coefficient (Wildman–Crippen LogP) is 4.00. The first-order valence-electron chi connectivity index (χ1n) is 5.98. The smallest absolute Gasteiger partial charge is 0.185 e. The summed E-state index contributed by atoms with van der Waals surface area (Å²) >= 11 is 1.27. The third-order valence-electron chi connectivity index (χ3n) is 2.63. The molecule has 1 nitrogen and oxygen atoms in total. The Morgan fingerprint density at radius 2 is 1.95 bits per heavy atom. The fourth-order valence-corrected chi connectivity index (χ4v) is 2.27. The highest BCUT2D eigenvalue weighted by molar-refractivity contribution is 8.13. The van der Waals surface area contributed by atoms with Crippen molar-refractivity contribution in [3.8, 4) is 11.8 Å². The van der Waals surface area contributed by atoms with Crippen molar-refractivity contribution in [1.29, 1.82) is 0 Å². The molecule has 0 unspecified atom stereocenters. The Balaban J connectivity index is 2.20. The van der Waals surface area contributed by atoms with Crippen molar-refractivity contribution < 1.29 is 9.18 Å². The van der Waals surface area contributed by atoms with Crippen LogP contribution in [0.3, 0.4) is 0 Å². The molecule has 0 spiro atoms. The van der Waals surface area contributed by atoms with Gasteiger partial charge in [-0.05, 0) is 12.1 Å². The molecule has 2 aromatic carbocycles. The van der Waals surface area contributed by atoms with Crippen LogP contribution in [-0.4, -0.2) is 10.9 Å². The highest BCUT2D eigenvalue weighted by Gasteiger charge is 2.02. The number of carbonyl (C=O) groups excluding carboxylic acids is 1. The zero-order chi connectivity index (χ0) is 13.7. The van der Waals surface area contributed by atoms with Crippen molar-refractivity contribution in [1.82, 2.24) is 0 Å². The summed E-state index contributed by atoms with van der Waals surface area (Å²) in [6.45, 7) is 1.55. The average Bonchev–Trinajstić information content (AvgIpc) is 2.41. The maximum atomic E-state index is 13.6. The highest BCUT2D eigenvalue weighted by Crippen LogP contribution is 2.21. The van der Waals surface area contributed by atoms with Gasteiger partial charge in [0.2, 0.25) is 0 Å². The fourth-order valence-electron chi connectivity index (χ4n) is 1.77. The molecule has 0 N–H and O–H groups in total. The third kappa shape index (κ3) is 3.59. The molecule has 0 fully saturated rings. The largest absolute Gasteiger partial charge is 0.288 e. The summed E-state index contributed by atoms with van der Waals surface area (Å²) in [5, 5.41) is 1.52. The van der Waals surface area contributed by atoms with Crippen LogP contribution in [-0.2, 0) is 4.79 Å². The van der Waals surface area contributed by atoms with Gasteiger partial charge in [0.1, 0.15) is 5.82 Å². The van der Waals surface area contributed by atoms with E-state index in [0.29, 0.717) is 17.6 Å². The lowest BCUT2D eigenvalue weighted by Crippen LogP contribution is -1.85. The van der Waals surface area contributed by atoms with E-state index in [-0.39, 0.29) is 10.9 Å². The summed E-state index contributed by atoms with van der Waals surface area (Å²) in [7, 11) is 0. The number of benzene rings is 2. The molecule has 0 amide bonds. The Kier molecular flexibility index (Phi) is 4.59. The monoisotopic (exact) mass is 272 g/mol. The van der Waals surface area contributed by atoms with Crippen LogP contribution in [0.15, 0.2) is 36.4 Å². The van der Waals surface area contributed by atoms with Crippen LogP contribution in [0.4, 0.5) is 4.39 Å². The van der Waals surface area contributed by atoms with Crippen LogP contribution in [0.25, 0.3) is 10.8 Å². The number of halogens is 1. The molecule has 0 saturated heterocycles. The first-order chi connectivity index (χ1) is 9.18. The second kappa shape index (κ2) is 6.40. The first kappa shape index (κ1) is 13.6. The van der Waals surface area contributed by atoms with E-state index >= 15 is 0 Å². The van der Waals surface area contributed by atoms with Crippen molar-refractivity contribution in [2.45, 2.75) is 13.3 Å². The van der Waals surface area contributed by atoms with Crippen LogP contribution in [0.2, 0.25) is 0 Å². The van der Waals surface area contributed by atoms with Gasteiger partial charge in [-0.25, -0.2) is 4.39 Å². The molecule has 2 aromatic rings. The Morgan fingerprint density at radius 3 is 2.68 bits per heavy atom. The van der Waals surface area contributed by atoms with Crippen molar-refractivity contribution in [2.24, 2.45) is 0 Å². The van der Waals surface area contributed by atoms with Crippen LogP contribution < -0.4 is 0 Å². The number of carbonyl (C=O) groups is 1. The van der Waals surface area contributed by atoms with Crippen LogP contribution >= 0.6 is 11.8 Å². The molecule has 0 bridgehead atoms. The van der Waals surface area contributed by atoms with Crippen molar-refractivity contribution >= 4 is 27.6 Å². The molecule has 0 aliphatic heterocycles. The van der Waals surface area contributed by atoms with Gasteiger partial charge in [-0.3, -0.25) is 4.79 Å². The van der Waals surface area contributed by atoms with Crippen LogP contribution in [0, 0.1) is 17.7 Å². The minimum absolute atomic E-state index is 0.106. The van der Waals surface area contributed by atoms with Gasteiger partial charge in [-0.1, -0.05) is 47.9 Å². The van der Waals surface area contributed by atoms with Crippen molar-refractivity contribution in [3.63, 3.8) is 0 Å². The lowest BCUT2D eigenvalue weighted by molar-refractivity contribution is -0.109. The molecule has 96 valence electrons. The second-order valence-electron chi connectivity index (χ2n) is 4.03. The zero-order valence-electron chi connectivity index (χ0n) is 10.6. The zero-order valence-corrected chi connectivity index (χ0v) is 11.4. The van der Waals surface area contributed by atoms with Gasteiger partial charge < -0.3 is 0 Å². The van der Waals surface area contributed by atoms with Gasteiger partial charge in [-0.15, -0.1) is 0 Å². The summed E-state index contributed by atoms with van der Waals surface area (Å²) in [6.07, 6.45) is 0.649. The number of hydrogen-bond acceptors (Lipinski definition) is 2. The molecule has 3 heteroatoms. The molecule has 0 aromatic heterocycles. The first-order valence-corrected chi connectivity index (χ1v) is 6.96. The van der Waals surface area contributed by atoms with Gasteiger partial charge in [0.15, 0.2) is 5.12 Å². The molecular weight excluding hydrogens is 259 g/mol. The van der Waals surface area contributed by atoms with E-state index in [9.17, 15) is 9.18 Å². The van der Waals surface area contributed by atoms with E-state index in [1.165, 1.54) is 17.8 Å². The minimum atomic E-state index is -0.228. The Morgan fingerprint density at radius 1 is 1.21 bits per heavy atom. The summed E-state index contributed by atoms with van der Waals surface area (Å²) in [5.74, 6) is 6.54. The SMILES string of the molecule is CC(=O)SCCC#Cc1ccc(F)c2ccccc12. The molecule has 0 saturated carbocycles. The van der Waals surface area contributed by atoms with Gasteiger partial charge in [0.25, 0.3) is 0 Å². The molecule has 0 radical (unpaired) electrons. The maximum Gasteiger partial charge on any atom is 0.185 e. The number of rotatable bonds is 2. The number of hydrogen-bond donors (Lipinski definition) is 0. The van der Waals surface area contributed by atoms with Gasteiger partial charge >= 0.3 is 0 Å².